The second-order valence-electron chi connectivity index (χ2n) is 5.06. The van der Waals surface area contributed by atoms with Crippen molar-refractivity contribution in [1.29, 1.82) is 0 Å². The molecule has 2 aromatic rings. The SMILES string of the molecule is CC[C@@H](C(=O)N1Cc2cncnc2C1)c1ccccc1. The van der Waals surface area contributed by atoms with Crippen molar-refractivity contribution in [2.75, 3.05) is 0 Å². The van der Waals surface area contributed by atoms with Crippen LogP contribution < -0.4 is 0 Å². The van der Waals surface area contributed by atoms with Crippen LogP contribution >= 0.6 is 0 Å². The zero-order valence-corrected chi connectivity index (χ0v) is 11.5. The number of aromatic nitrogens is 2. The minimum absolute atomic E-state index is 0.0709. The van der Waals surface area contributed by atoms with E-state index in [2.05, 4.69) is 16.9 Å². The van der Waals surface area contributed by atoms with Crippen LogP contribution in [0.4, 0.5) is 0 Å². The number of amides is 1. The van der Waals surface area contributed by atoms with Crippen LogP contribution in [0.15, 0.2) is 42.9 Å². The molecule has 3 rings (SSSR count). The Morgan fingerprint density at radius 2 is 2.10 bits per heavy atom. The molecule has 0 unspecified atom stereocenters. The van der Waals surface area contributed by atoms with Gasteiger partial charge in [-0.1, -0.05) is 37.3 Å². The van der Waals surface area contributed by atoms with E-state index in [9.17, 15) is 4.79 Å². The average molecular weight is 267 g/mol. The fraction of sp³-hybridized carbons (Fsp3) is 0.312. The third-order valence-corrected chi connectivity index (χ3v) is 3.80. The quantitative estimate of drug-likeness (QED) is 0.858. The van der Waals surface area contributed by atoms with Crippen molar-refractivity contribution in [2.45, 2.75) is 32.4 Å². The standard InChI is InChI=1S/C16H17N3O/c1-2-14(12-6-4-3-5-7-12)16(20)19-9-13-8-17-11-18-15(13)10-19/h3-8,11,14H,2,9-10H2,1H3/t14-/m1/s1. The highest BCUT2D eigenvalue weighted by atomic mass is 16.2. The van der Waals surface area contributed by atoms with Crippen LogP contribution in [0.1, 0.15) is 36.1 Å². The van der Waals surface area contributed by atoms with Gasteiger partial charge in [0.15, 0.2) is 0 Å². The van der Waals surface area contributed by atoms with Gasteiger partial charge >= 0.3 is 0 Å². The molecule has 0 N–H and O–H groups in total. The number of hydrogen-bond donors (Lipinski definition) is 0. The number of hydrogen-bond acceptors (Lipinski definition) is 3. The fourth-order valence-electron chi connectivity index (χ4n) is 2.71. The lowest BCUT2D eigenvalue weighted by molar-refractivity contribution is -0.133. The van der Waals surface area contributed by atoms with Gasteiger partial charge in [-0.2, -0.15) is 0 Å². The van der Waals surface area contributed by atoms with E-state index >= 15 is 0 Å². The van der Waals surface area contributed by atoms with Crippen LogP contribution in [0.25, 0.3) is 0 Å². The smallest absolute Gasteiger partial charge is 0.230 e. The first-order valence-electron chi connectivity index (χ1n) is 6.91. The number of nitrogens with zero attached hydrogens (tertiary/aromatic N) is 3. The molecule has 0 bridgehead atoms. The van der Waals surface area contributed by atoms with E-state index in [0.717, 1.165) is 23.2 Å². The Morgan fingerprint density at radius 1 is 1.30 bits per heavy atom. The second-order valence-corrected chi connectivity index (χ2v) is 5.06. The maximum atomic E-state index is 12.7. The van der Waals surface area contributed by atoms with Crippen LogP contribution in [0, 0.1) is 0 Å². The molecule has 1 atom stereocenters. The first-order valence-corrected chi connectivity index (χ1v) is 6.91. The Balaban J connectivity index is 1.80. The second kappa shape index (κ2) is 5.41. The zero-order valence-electron chi connectivity index (χ0n) is 11.5. The van der Waals surface area contributed by atoms with Gasteiger partial charge in [-0.15, -0.1) is 0 Å². The van der Waals surface area contributed by atoms with Crippen LogP contribution in [-0.4, -0.2) is 20.8 Å². The van der Waals surface area contributed by atoms with E-state index in [1.807, 2.05) is 35.2 Å². The Labute approximate surface area is 118 Å². The predicted molar refractivity (Wildman–Crippen MR) is 75.8 cm³/mol. The van der Waals surface area contributed by atoms with E-state index in [4.69, 9.17) is 0 Å². The van der Waals surface area contributed by atoms with Gasteiger partial charge in [0.2, 0.25) is 5.91 Å². The Morgan fingerprint density at radius 3 is 2.80 bits per heavy atom. The molecule has 20 heavy (non-hydrogen) atoms. The van der Waals surface area contributed by atoms with Crippen molar-refractivity contribution in [3.8, 4) is 0 Å². The molecule has 0 spiro atoms. The van der Waals surface area contributed by atoms with E-state index in [-0.39, 0.29) is 11.8 Å². The molecule has 1 aliphatic rings. The van der Waals surface area contributed by atoms with Crippen LogP contribution in [0.3, 0.4) is 0 Å². The molecule has 0 saturated heterocycles. The third-order valence-electron chi connectivity index (χ3n) is 3.80. The summed E-state index contributed by atoms with van der Waals surface area (Å²) in [5.74, 6) is 0.107. The average Bonchev–Trinajstić information content (AvgIpc) is 2.93. The molecule has 2 heterocycles. The maximum absolute atomic E-state index is 12.7. The molecule has 4 heteroatoms. The monoisotopic (exact) mass is 267 g/mol. The molecule has 1 aromatic heterocycles. The number of carbonyl (C=O) groups excluding carboxylic acids is 1. The molecule has 1 aliphatic heterocycles. The summed E-state index contributed by atoms with van der Waals surface area (Å²) in [6.07, 6.45) is 4.15. The molecular formula is C16H17N3O. The lowest BCUT2D eigenvalue weighted by Gasteiger charge is -2.22. The number of benzene rings is 1. The summed E-state index contributed by atoms with van der Waals surface area (Å²) in [5, 5.41) is 0. The normalized spacial score (nSPS) is 14.9. The lowest BCUT2D eigenvalue weighted by atomic mass is 9.95. The molecule has 102 valence electrons. The molecule has 0 fully saturated rings. The molecular weight excluding hydrogens is 250 g/mol. The number of fused-ring (bicyclic) bond motifs is 1. The van der Waals surface area contributed by atoms with Crippen molar-refractivity contribution >= 4 is 5.91 Å². The van der Waals surface area contributed by atoms with E-state index in [1.165, 1.54) is 0 Å². The summed E-state index contributed by atoms with van der Waals surface area (Å²) in [6.45, 7) is 3.27. The van der Waals surface area contributed by atoms with Gasteiger partial charge in [0, 0.05) is 18.3 Å². The van der Waals surface area contributed by atoms with E-state index < -0.39 is 0 Å². The largest absolute Gasteiger partial charge is 0.332 e. The molecule has 1 aromatic carbocycles. The Hall–Kier alpha value is -2.23. The van der Waals surface area contributed by atoms with E-state index in [0.29, 0.717) is 13.1 Å². The van der Waals surface area contributed by atoms with Gasteiger partial charge in [-0.25, -0.2) is 9.97 Å². The topological polar surface area (TPSA) is 46.1 Å². The van der Waals surface area contributed by atoms with Gasteiger partial charge < -0.3 is 4.90 Å². The van der Waals surface area contributed by atoms with Crippen LogP contribution in [0.5, 0.6) is 0 Å². The highest BCUT2D eigenvalue weighted by Crippen LogP contribution is 2.27. The van der Waals surface area contributed by atoms with Gasteiger partial charge in [-0.05, 0) is 12.0 Å². The molecule has 0 aliphatic carbocycles. The summed E-state index contributed by atoms with van der Waals surface area (Å²) >= 11 is 0. The van der Waals surface area contributed by atoms with Gasteiger partial charge in [0.25, 0.3) is 0 Å². The summed E-state index contributed by atoms with van der Waals surface area (Å²) < 4.78 is 0. The highest BCUT2D eigenvalue weighted by molar-refractivity contribution is 5.84. The van der Waals surface area contributed by atoms with E-state index in [1.54, 1.807) is 12.5 Å². The van der Waals surface area contributed by atoms with Crippen molar-refractivity contribution in [1.82, 2.24) is 14.9 Å². The molecule has 1 amide bonds. The minimum Gasteiger partial charge on any atom is -0.332 e. The summed E-state index contributed by atoms with van der Waals surface area (Å²) in [5.41, 5.74) is 3.11. The number of carbonyl (C=O) groups is 1. The molecule has 4 nitrogen and oxygen atoms in total. The fourth-order valence-corrected chi connectivity index (χ4v) is 2.71. The number of rotatable bonds is 3. The van der Waals surface area contributed by atoms with Gasteiger partial charge in [0.05, 0.1) is 18.2 Å². The van der Waals surface area contributed by atoms with Crippen molar-refractivity contribution in [2.24, 2.45) is 0 Å². The Bertz CT molecular complexity index is 587. The predicted octanol–water partition coefficient (Wildman–Crippen LogP) is 2.51. The van der Waals surface area contributed by atoms with Crippen molar-refractivity contribution in [3.05, 3.63) is 59.7 Å². The van der Waals surface area contributed by atoms with Gasteiger partial charge in [-0.3, -0.25) is 4.79 Å². The first kappa shape index (κ1) is 12.8. The zero-order chi connectivity index (χ0) is 13.9. The van der Waals surface area contributed by atoms with Crippen molar-refractivity contribution < 1.29 is 4.79 Å². The molecule has 0 radical (unpaired) electrons. The van der Waals surface area contributed by atoms with Crippen LogP contribution in [-0.2, 0) is 17.9 Å². The summed E-state index contributed by atoms with van der Waals surface area (Å²) in [4.78, 5) is 22.9. The summed E-state index contributed by atoms with van der Waals surface area (Å²) in [6, 6.07) is 9.98. The Kier molecular flexibility index (Phi) is 3.46. The highest BCUT2D eigenvalue weighted by Gasteiger charge is 2.29. The van der Waals surface area contributed by atoms with Crippen molar-refractivity contribution in [3.63, 3.8) is 0 Å². The maximum Gasteiger partial charge on any atom is 0.230 e. The van der Waals surface area contributed by atoms with Gasteiger partial charge in [0.1, 0.15) is 6.33 Å². The first-order chi connectivity index (χ1) is 9.79. The third kappa shape index (κ3) is 2.29. The lowest BCUT2D eigenvalue weighted by Crippen LogP contribution is -2.30. The minimum atomic E-state index is -0.0709. The molecule has 0 saturated carbocycles. The summed E-state index contributed by atoms with van der Waals surface area (Å²) in [7, 11) is 0. The van der Waals surface area contributed by atoms with Crippen LogP contribution in [0.2, 0.25) is 0 Å².